The maximum absolute atomic E-state index is 13.5. The summed E-state index contributed by atoms with van der Waals surface area (Å²) in [6.45, 7) is 2.24. The largest absolute Gasteiger partial charge is 0.369 e. The lowest BCUT2D eigenvalue weighted by molar-refractivity contribution is -0.115. The van der Waals surface area contributed by atoms with Crippen molar-refractivity contribution >= 4 is 50.8 Å². The number of carbonyl (C=O) groups excluding carboxylic acids is 1. The van der Waals surface area contributed by atoms with Crippen molar-refractivity contribution in [2.75, 3.05) is 5.75 Å². The molecule has 2 heterocycles. The summed E-state index contributed by atoms with van der Waals surface area (Å²) >= 11 is 8.78. The number of amides is 1. The van der Waals surface area contributed by atoms with Gasteiger partial charge in [0.15, 0.2) is 5.16 Å². The van der Waals surface area contributed by atoms with Crippen molar-refractivity contribution in [2.24, 2.45) is 11.7 Å². The molecule has 27 heavy (non-hydrogen) atoms. The van der Waals surface area contributed by atoms with E-state index in [4.69, 9.17) is 22.3 Å². The van der Waals surface area contributed by atoms with Crippen LogP contribution < -0.4 is 11.3 Å². The van der Waals surface area contributed by atoms with Crippen molar-refractivity contribution in [3.05, 3.63) is 50.1 Å². The van der Waals surface area contributed by atoms with Crippen molar-refractivity contribution < 1.29 is 4.79 Å². The second-order valence-corrected chi connectivity index (χ2v) is 9.26. The Balaban J connectivity index is 1.96. The van der Waals surface area contributed by atoms with Crippen LogP contribution >= 0.6 is 34.7 Å². The van der Waals surface area contributed by atoms with Gasteiger partial charge >= 0.3 is 0 Å². The number of fused-ring (bicyclic) bond motifs is 3. The molecule has 0 bridgehead atoms. The number of hydrogen-bond donors (Lipinski definition) is 1. The number of rotatable bonds is 4. The molecular formula is C19H18ClN3O2S2. The summed E-state index contributed by atoms with van der Waals surface area (Å²) < 4.78 is 1.57. The molecule has 140 valence electrons. The second-order valence-electron chi connectivity index (χ2n) is 6.80. The van der Waals surface area contributed by atoms with Gasteiger partial charge in [0.2, 0.25) is 5.91 Å². The third-order valence-electron chi connectivity index (χ3n) is 4.73. The van der Waals surface area contributed by atoms with E-state index >= 15 is 0 Å². The smallest absolute Gasteiger partial charge is 0.267 e. The van der Waals surface area contributed by atoms with E-state index in [1.54, 1.807) is 40.2 Å². The van der Waals surface area contributed by atoms with Gasteiger partial charge in [-0.15, -0.1) is 11.3 Å². The first-order chi connectivity index (χ1) is 12.9. The highest BCUT2D eigenvalue weighted by Gasteiger charge is 2.25. The molecule has 3 aromatic rings. The first-order valence-electron chi connectivity index (χ1n) is 8.68. The van der Waals surface area contributed by atoms with Gasteiger partial charge in [-0.25, -0.2) is 4.98 Å². The molecular weight excluding hydrogens is 402 g/mol. The number of nitrogens with two attached hydrogens (primary N) is 1. The van der Waals surface area contributed by atoms with Gasteiger partial charge in [0.05, 0.1) is 16.8 Å². The summed E-state index contributed by atoms with van der Waals surface area (Å²) in [4.78, 5) is 31.5. The summed E-state index contributed by atoms with van der Waals surface area (Å²) in [5.74, 6) is 0.234. The fourth-order valence-corrected chi connectivity index (χ4v) is 5.72. The molecule has 4 rings (SSSR count). The molecule has 2 N–H and O–H groups in total. The monoisotopic (exact) mass is 419 g/mol. The number of thiophene rings is 1. The predicted octanol–water partition coefficient (Wildman–Crippen LogP) is 3.80. The molecule has 1 aliphatic carbocycles. The lowest BCUT2D eigenvalue weighted by Gasteiger charge is -2.17. The zero-order chi connectivity index (χ0) is 19.1. The number of hydrogen-bond acceptors (Lipinski definition) is 5. The average molecular weight is 420 g/mol. The summed E-state index contributed by atoms with van der Waals surface area (Å²) in [6.07, 6.45) is 2.97. The Bertz CT molecular complexity index is 1090. The Labute approximate surface area is 169 Å². The van der Waals surface area contributed by atoms with Crippen molar-refractivity contribution in [3.63, 3.8) is 0 Å². The van der Waals surface area contributed by atoms with E-state index < -0.39 is 5.91 Å². The first kappa shape index (κ1) is 18.5. The van der Waals surface area contributed by atoms with Gasteiger partial charge in [-0.05, 0) is 55.0 Å². The Hall–Kier alpha value is -1.83. The Morgan fingerprint density at radius 3 is 2.85 bits per heavy atom. The fraction of sp³-hybridized carbons (Fsp3) is 0.316. The molecule has 0 spiro atoms. The lowest BCUT2D eigenvalue weighted by atomic mass is 9.89. The first-order valence-corrected chi connectivity index (χ1v) is 10.9. The van der Waals surface area contributed by atoms with Crippen LogP contribution in [0.3, 0.4) is 0 Å². The van der Waals surface area contributed by atoms with Crippen LogP contribution in [0.1, 0.15) is 23.8 Å². The lowest BCUT2D eigenvalue weighted by Crippen LogP contribution is -2.23. The molecule has 0 saturated carbocycles. The van der Waals surface area contributed by atoms with Crippen LogP contribution in [0.25, 0.3) is 15.9 Å². The molecule has 0 fully saturated rings. The number of nitrogens with zero attached hydrogens (tertiary/aromatic N) is 2. The predicted molar refractivity (Wildman–Crippen MR) is 111 cm³/mol. The third kappa shape index (κ3) is 3.51. The molecule has 2 aromatic heterocycles. The van der Waals surface area contributed by atoms with E-state index in [1.165, 1.54) is 16.6 Å². The van der Waals surface area contributed by atoms with Crippen molar-refractivity contribution in [3.8, 4) is 5.69 Å². The number of benzene rings is 1. The SMILES string of the molecule is C[C@H]1CCc2c(sc3nc(SCC(N)=O)n(-c4ccc(Cl)cc4)c(=O)c23)C1. The zero-order valence-corrected chi connectivity index (χ0v) is 17.1. The minimum atomic E-state index is -0.448. The zero-order valence-electron chi connectivity index (χ0n) is 14.7. The Morgan fingerprint density at radius 2 is 2.15 bits per heavy atom. The summed E-state index contributed by atoms with van der Waals surface area (Å²) in [5.41, 5.74) is 7.02. The average Bonchev–Trinajstić information content (AvgIpc) is 2.98. The molecule has 1 aromatic carbocycles. The van der Waals surface area contributed by atoms with Crippen molar-refractivity contribution in [1.29, 1.82) is 0 Å². The highest BCUT2D eigenvalue weighted by molar-refractivity contribution is 7.99. The standard InChI is InChI=1S/C19H18ClN3O2S2/c1-10-2-7-13-14(8-10)27-17-16(13)18(25)23(12-5-3-11(20)4-6-12)19(22-17)26-9-15(21)24/h3-6,10H,2,7-9H2,1H3,(H2,21,24)/t10-/m0/s1. The summed E-state index contributed by atoms with van der Waals surface area (Å²) in [7, 11) is 0. The molecule has 0 aliphatic heterocycles. The summed E-state index contributed by atoms with van der Waals surface area (Å²) in [5, 5.41) is 1.77. The highest BCUT2D eigenvalue weighted by Crippen LogP contribution is 2.37. The topological polar surface area (TPSA) is 78.0 Å². The van der Waals surface area contributed by atoms with Crippen LogP contribution in [-0.4, -0.2) is 21.2 Å². The van der Waals surface area contributed by atoms with Gasteiger partial charge < -0.3 is 5.73 Å². The molecule has 1 amide bonds. The van der Waals surface area contributed by atoms with Gasteiger partial charge in [0, 0.05) is 9.90 Å². The van der Waals surface area contributed by atoms with Crippen LogP contribution in [0.4, 0.5) is 0 Å². The maximum Gasteiger partial charge on any atom is 0.267 e. The molecule has 8 heteroatoms. The molecule has 0 saturated heterocycles. The molecule has 0 unspecified atom stereocenters. The molecule has 0 radical (unpaired) electrons. The quantitative estimate of drug-likeness (QED) is 0.515. The fourth-order valence-electron chi connectivity index (χ4n) is 3.42. The van der Waals surface area contributed by atoms with E-state index in [9.17, 15) is 9.59 Å². The van der Waals surface area contributed by atoms with Crippen LogP contribution in [0.15, 0.2) is 34.2 Å². The van der Waals surface area contributed by atoms with E-state index in [2.05, 4.69) is 6.92 Å². The Kier molecular flexibility index (Phi) is 5.01. The second kappa shape index (κ2) is 7.30. The number of primary amides is 1. The number of thioether (sulfide) groups is 1. The van der Waals surface area contributed by atoms with Gasteiger partial charge in [0.25, 0.3) is 5.56 Å². The molecule has 1 aliphatic rings. The van der Waals surface area contributed by atoms with E-state index in [0.29, 0.717) is 27.2 Å². The van der Waals surface area contributed by atoms with E-state index in [0.717, 1.165) is 29.7 Å². The van der Waals surface area contributed by atoms with Crippen LogP contribution in [-0.2, 0) is 17.6 Å². The highest BCUT2D eigenvalue weighted by atomic mass is 35.5. The molecule has 1 atom stereocenters. The van der Waals surface area contributed by atoms with Crippen LogP contribution in [0, 0.1) is 5.92 Å². The van der Waals surface area contributed by atoms with Gasteiger partial charge in [0.1, 0.15) is 4.83 Å². The molecule has 5 nitrogen and oxygen atoms in total. The number of carbonyl (C=O) groups is 1. The van der Waals surface area contributed by atoms with Crippen molar-refractivity contribution in [2.45, 2.75) is 31.3 Å². The minimum Gasteiger partial charge on any atom is -0.369 e. The van der Waals surface area contributed by atoms with E-state index in [1.807, 2.05) is 0 Å². The van der Waals surface area contributed by atoms with Crippen LogP contribution in [0.2, 0.25) is 5.02 Å². The number of aryl methyl sites for hydroxylation is 1. The van der Waals surface area contributed by atoms with Crippen LogP contribution in [0.5, 0.6) is 0 Å². The number of halogens is 1. The third-order valence-corrected chi connectivity index (χ3v) is 7.09. The van der Waals surface area contributed by atoms with Gasteiger partial charge in [-0.3, -0.25) is 14.2 Å². The van der Waals surface area contributed by atoms with E-state index in [-0.39, 0.29) is 11.3 Å². The van der Waals surface area contributed by atoms with Gasteiger partial charge in [-0.1, -0.05) is 30.3 Å². The maximum atomic E-state index is 13.5. The summed E-state index contributed by atoms with van der Waals surface area (Å²) in [6, 6.07) is 7.04. The number of aromatic nitrogens is 2. The van der Waals surface area contributed by atoms with Crippen molar-refractivity contribution in [1.82, 2.24) is 9.55 Å². The Morgan fingerprint density at radius 1 is 1.41 bits per heavy atom. The normalized spacial score (nSPS) is 16.4. The minimum absolute atomic E-state index is 0.0632. The van der Waals surface area contributed by atoms with Gasteiger partial charge in [-0.2, -0.15) is 0 Å².